The van der Waals surface area contributed by atoms with Gasteiger partial charge in [0.15, 0.2) is 5.13 Å². The summed E-state index contributed by atoms with van der Waals surface area (Å²) in [5.41, 5.74) is 1.21. The number of benzene rings is 2. The van der Waals surface area contributed by atoms with Crippen molar-refractivity contribution in [1.29, 1.82) is 0 Å². The lowest BCUT2D eigenvalue weighted by molar-refractivity contribution is -0.384. The third-order valence-electron chi connectivity index (χ3n) is 6.38. The van der Waals surface area contributed by atoms with Crippen molar-refractivity contribution in [3.63, 3.8) is 0 Å². The number of ether oxygens (including phenoxy) is 2. The molecule has 4 rings (SSSR count). The highest BCUT2D eigenvalue weighted by Crippen LogP contribution is 2.45. The summed E-state index contributed by atoms with van der Waals surface area (Å²) in [6.07, 6.45) is 0. The highest BCUT2D eigenvalue weighted by atomic mass is 32.1. The molecule has 3 unspecified atom stereocenters. The maximum Gasteiger partial charge on any atom is 0.336 e. The number of carbonyl (C=O) groups is 2. The van der Waals surface area contributed by atoms with E-state index in [1.165, 1.54) is 31.6 Å². The van der Waals surface area contributed by atoms with Crippen molar-refractivity contribution in [2.75, 3.05) is 19.5 Å². The zero-order chi connectivity index (χ0) is 26.7. The first-order valence-corrected chi connectivity index (χ1v) is 12.3. The SMILES string of the molecule is COC(=O)C1=C(C)NC(C)(Nc2nc(-c3ccccc3[N+](=O)[O-])cs2)C(C(=O)OC)C1c1ccccc1. The molecule has 1 aromatic heterocycles. The second kappa shape index (κ2) is 10.4. The van der Waals surface area contributed by atoms with Crippen molar-refractivity contribution in [2.45, 2.75) is 25.4 Å². The molecule has 37 heavy (non-hydrogen) atoms. The van der Waals surface area contributed by atoms with Gasteiger partial charge in [0, 0.05) is 23.1 Å². The van der Waals surface area contributed by atoms with E-state index in [-0.39, 0.29) is 5.69 Å². The molecule has 10 nitrogen and oxygen atoms in total. The Morgan fingerprint density at radius 3 is 2.43 bits per heavy atom. The number of methoxy groups -OCH3 is 2. The van der Waals surface area contributed by atoms with E-state index in [2.05, 4.69) is 15.6 Å². The van der Waals surface area contributed by atoms with Gasteiger partial charge in [-0.25, -0.2) is 9.78 Å². The van der Waals surface area contributed by atoms with Crippen molar-refractivity contribution < 1.29 is 24.0 Å². The van der Waals surface area contributed by atoms with E-state index >= 15 is 0 Å². The predicted octanol–water partition coefficient (Wildman–Crippen LogP) is 4.47. The number of esters is 2. The molecule has 1 aliphatic heterocycles. The lowest BCUT2D eigenvalue weighted by atomic mass is 9.71. The van der Waals surface area contributed by atoms with E-state index in [1.807, 2.05) is 30.3 Å². The van der Waals surface area contributed by atoms with Crippen LogP contribution in [0.15, 0.2) is 71.2 Å². The Morgan fingerprint density at radius 2 is 1.78 bits per heavy atom. The number of para-hydroxylation sites is 1. The first-order valence-electron chi connectivity index (χ1n) is 11.4. The van der Waals surface area contributed by atoms with Gasteiger partial charge >= 0.3 is 11.9 Å². The van der Waals surface area contributed by atoms with Gasteiger partial charge in [-0.15, -0.1) is 11.3 Å². The van der Waals surface area contributed by atoms with Crippen molar-refractivity contribution in [3.8, 4) is 11.3 Å². The quantitative estimate of drug-likeness (QED) is 0.262. The number of nitrogens with one attached hydrogen (secondary N) is 2. The van der Waals surface area contributed by atoms with E-state index in [0.717, 1.165) is 5.56 Å². The lowest BCUT2D eigenvalue weighted by Gasteiger charge is -2.46. The summed E-state index contributed by atoms with van der Waals surface area (Å²) >= 11 is 1.24. The maximum atomic E-state index is 13.3. The van der Waals surface area contributed by atoms with Gasteiger partial charge in [-0.1, -0.05) is 42.5 Å². The third kappa shape index (κ3) is 4.90. The van der Waals surface area contributed by atoms with Crippen LogP contribution >= 0.6 is 11.3 Å². The molecule has 0 spiro atoms. The van der Waals surface area contributed by atoms with E-state index < -0.39 is 34.4 Å². The van der Waals surface area contributed by atoms with Gasteiger partial charge in [0.2, 0.25) is 0 Å². The lowest BCUT2D eigenvalue weighted by Crippen LogP contribution is -2.62. The van der Waals surface area contributed by atoms with E-state index in [0.29, 0.717) is 27.7 Å². The Bertz CT molecular complexity index is 1370. The highest BCUT2D eigenvalue weighted by molar-refractivity contribution is 7.14. The minimum Gasteiger partial charge on any atom is -0.469 e. The maximum absolute atomic E-state index is 13.3. The number of hydrogen-bond donors (Lipinski definition) is 2. The van der Waals surface area contributed by atoms with Gasteiger partial charge in [0.05, 0.1) is 36.0 Å². The van der Waals surface area contributed by atoms with Crippen LogP contribution in [0.3, 0.4) is 0 Å². The average molecular weight is 523 g/mol. The molecule has 0 amide bonds. The number of hydrogen-bond acceptors (Lipinski definition) is 10. The summed E-state index contributed by atoms with van der Waals surface area (Å²) < 4.78 is 10.3. The summed E-state index contributed by atoms with van der Waals surface area (Å²) in [6, 6.07) is 15.6. The van der Waals surface area contributed by atoms with Crippen molar-refractivity contribution in [3.05, 3.63) is 86.9 Å². The third-order valence-corrected chi connectivity index (χ3v) is 7.14. The number of nitro benzene ring substituents is 1. The average Bonchev–Trinajstić information content (AvgIpc) is 3.35. The second-order valence-corrected chi connectivity index (χ2v) is 9.54. The van der Waals surface area contributed by atoms with Gasteiger partial charge in [-0.05, 0) is 25.5 Å². The Kier molecular flexibility index (Phi) is 7.25. The number of rotatable bonds is 7. The fourth-order valence-corrected chi connectivity index (χ4v) is 5.64. The second-order valence-electron chi connectivity index (χ2n) is 8.68. The molecule has 11 heteroatoms. The molecule has 0 fully saturated rings. The minimum atomic E-state index is -1.15. The number of thiazole rings is 1. The number of allylic oxidation sites excluding steroid dienone is 1. The summed E-state index contributed by atoms with van der Waals surface area (Å²) in [5.74, 6) is -2.69. The molecule has 1 aliphatic rings. The van der Waals surface area contributed by atoms with Crippen LogP contribution in [0.2, 0.25) is 0 Å². The topological polar surface area (TPSA) is 133 Å². The zero-order valence-corrected chi connectivity index (χ0v) is 21.5. The molecular formula is C26H26N4O6S. The smallest absolute Gasteiger partial charge is 0.336 e. The molecule has 0 aliphatic carbocycles. The highest BCUT2D eigenvalue weighted by Gasteiger charge is 2.52. The first kappa shape index (κ1) is 25.8. The molecule has 3 aromatic rings. The monoisotopic (exact) mass is 522 g/mol. The van der Waals surface area contributed by atoms with Gasteiger partial charge in [-0.2, -0.15) is 0 Å². The van der Waals surface area contributed by atoms with Crippen molar-refractivity contribution in [2.24, 2.45) is 5.92 Å². The molecule has 0 saturated carbocycles. The summed E-state index contributed by atoms with van der Waals surface area (Å²) in [4.78, 5) is 41.8. The minimum absolute atomic E-state index is 0.0561. The number of nitro groups is 1. The molecule has 2 heterocycles. The standard InChI is InChI=1S/C26H26N4O6S/c1-15-20(23(31)35-3)21(16-10-6-5-7-11-16)22(24(32)36-4)26(2,28-15)29-25-27-18(14-37-25)17-12-8-9-13-19(17)30(33)34/h5-14,21-22,28H,1-4H3,(H,27,29). The summed E-state index contributed by atoms with van der Waals surface area (Å²) in [7, 11) is 2.59. The summed E-state index contributed by atoms with van der Waals surface area (Å²) in [5, 5.41) is 20.2. The molecule has 0 saturated heterocycles. The van der Waals surface area contributed by atoms with Gasteiger partial charge < -0.3 is 20.1 Å². The van der Waals surface area contributed by atoms with Gasteiger partial charge in [0.1, 0.15) is 11.6 Å². The fourth-order valence-electron chi connectivity index (χ4n) is 4.81. The Hall–Kier alpha value is -4.25. The van der Waals surface area contributed by atoms with E-state index in [1.54, 1.807) is 37.4 Å². The summed E-state index contributed by atoms with van der Waals surface area (Å²) in [6.45, 7) is 3.53. The van der Waals surface area contributed by atoms with Crippen LogP contribution in [0.25, 0.3) is 11.3 Å². The fraction of sp³-hybridized carbons (Fsp3) is 0.269. The van der Waals surface area contributed by atoms with Crippen LogP contribution in [0.4, 0.5) is 10.8 Å². The number of anilines is 1. The first-order chi connectivity index (χ1) is 17.7. The van der Waals surface area contributed by atoms with Gasteiger partial charge in [-0.3, -0.25) is 14.9 Å². The number of nitrogens with zero attached hydrogens (tertiary/aromatic N) is 2. The van der Waals surface area contributed by atoms with Crippen LogP contribution < -0.4 is 10.6 Å². The zero-order valence-electron chi connectivity index (χ0n) is 20.7. The van der Waals surface area contributed by atoms with Crippen LogP contribution in [-0.4, -0.2) is 41.7 Å². The molecule has 2 N–H and O–H groups in total. The van der Waals surface area contributed by atoms with Gasteiger partial charge in [0.25, 0.3) is 5.69 Å². The molecular weight excluding hydrogens is 496 g/mol. The molecule has 2 aromatic carbocycles. The molecule has 192 valence electrons. The van der Waals surface area contributed by atoms with Crippen LogP contribution in [0, 0.1) is 16.0 Å². The van der Waals surface area contributed by atoms with Crippen molar-refractivity contribution >= 4 is 34.1 Å². The molecule has 3 atom stereocenters. The van der Waals surface area contributed by atoms with Crippen molar-refractivity contribution in [1.82, 2.24) is 10.3 Å². The largest absolute Gasteiger partial charge is 0.469 e. The van der Waals surface area contributed by atoms with E-state index in [4.69, 9.17) is 9.47 Å². The van der Waals surface area contributed by atoms with Crippen LogP contribution in [0.5, 0.6) is 0 Å². The number of aromatic nitrogens is 1. The normalized spacial score (nSPS) is 21.1. The molecule has 0 radical (unpaired) electrons. The van der Waals surface area contributed by atoms with Crippen LogP contribution in [0.1, 0.15) is 25.3 Å². The number of carbonyl (C=O) groups excluding carboxylic acids is 2. The Labute approximate surface area is 217 Å². The Morgan fingerprint density at radius 1 is 1.11 bits per heavy atom. The molecule has 0 bridgehead atoms. The van der Waals surface area contributed by atoms with Crippen LogP contribution in [-0.2, 0) is 19.1 Å². The predicted molar refractivity (Wildman–Crippen MR) is 139 cm³/mol. The Balaban J connectivity index is 1.80. The van der Waals surface area contributed by atoms with E-state index in [9.17, 15) is 19.7 Å².